The third-order valence-electron chi connectivity index (χ3n) is 3.46. The molecule has 7 nitrogen and oxygen atoms in total. The highest BCUT2D eigenvalue weighted by Crippen LogP contribution is 2.33. The molecule has 25 heavy (non-hydrogen) atoms. The van der Waals surface area contributed by atoms with Crippen LogP contribution in [0, 0.1) is 0 Å². The number of carbonyl (C=O) groups is 1. The zero-order valence-electron chi connectivity index (χ0n) is 13.6. The molecule has 7 heteroatoms. The molecule has 1 heterocycles. The second-order valence-corrected chi connectivity index (χ2v) is 5.08. The Kier molecular flexibility index (Phi) is 4.65. The number of carboxylic acid groups (broad SMARTS) is 1. The normalized spacial score (nSPS) is 12.6. The van der Waals surface area contributed by atoms with Gasteiger partial charge in [0.1, 0.15) is 17.2 Å². The first-order valence-electron chi connectivity index (χ1n) is 7.34. The molecule has 1 aliphatic rings. The summed E-state index contributed by atoms with van der Waals surface area (Å²) in [6.07, 6.45) is 1.40. The van der Waals surface area contributed by atoms with Gasteiger partial charge in [0.2, 0.25) is 12.6 Å². The molecule has 0 unspecified atom stereocenters. The standard InChI is InChI=1S/C18H16O7/c1-21-12-7-13(22-2)9-14(8-12)25-17(18(19)20)6-11-3-4-15-16(5-11)24-10-23-15/h3-9H,10H2,1-2H3,(H,19,20). The quantitative estimate of drug-likeness (QED) is 0.637. The number of hydrogen-bond acceptors (Lipinski definition) is 6. The number of hydrogen-bond donors (Lipinski definition) is 1. The Hall–Kier alpha value is -3.35. The fraction of sp³-hybridized carbons (Fsp3) is 0.167. The van der Waals surface area contributed by atoms with Gasteiger partial charge in [0.25, 0.3) is 0 Å². The molecule has 1 aliphatic heterocycles. The van der Waals surface area contributed by atoms with Crippen molar-refractivity contribution in [2.24, 2.45) is 0 Å². The number of aliphatic carboxylic acids is 1. The number of methoxy groups -OCH3 is 2. The summed E-state index contributed by atoms with van der Waals surface area (Å²) in [7, 11) is 3.00. The zero-order valence-corrected chi connectivity index (χ0v) is 13.6. The van der Waals surface area contributed by atoms with Gasteiger partial charge in [-0.1, -0.05) is 6.07 Å². The lowest BCUT2D eigenvalue weighted by Gasteiger charge is -2.10. The predicted molar refractivity (Wildman–Crippen MR) is 88.4 cm³/mol. The number of fused-ring (bicyclic) bond motifs is 1. The van der Waals surface area contributed by atoms with Crippen LogP contribution in [0.25, 0.3) is 6.08 Å². The Labute approximate surface area is 144 Å². The molecular weight excluding hydrogens is 328 g/mol. The van der Waals surface area contributed by atoms with Crippen LogP contribution in [0.5, 0.6) is 28.7 Å². The van der Waals surface area contributed by atoms with E-state index in [1.165, 1.54) is 20.3 Å². The number of carboxylic acids is 1. The van der Waals surface area contributed by atoms with Crippen molar-refractivity contribution in [2.45, 2.75) is 0 Å². The van der Waals surface area contributed by atoms with E-state index in [0.717, 1.165) is 0 Å². The van der Waals surface area contributed by atoms with Gasteiger partial charge in [0.15, 0.2) is 11.5 Å². The van der Waals surface area contributed by atoms with Crippen LogP contribution in [0.1, 0.15) is 5.56 Å². The molecule has 0 aliphatic carbocycles. The summed E-state index contributed by atoms with van der Waals surface area (Å²) in [5, 5.41) is 9.43. The van der Waals surface area contributed by atoms with Gasteiger partial charge in [-0.15, -0.1) is 0 Å². The molecule has 2 aromatic rings. The van der Waals surface area contributed by atoms with E-state index in [0.29, 0.717) is 28.6 Å². The average Bonchev–Trinajstić information content (AvgIpc) is 3.08. The largest absolute Gasteiger partial charge is 0.496 e. The van der Waals surface area contributed by atoms with Gasteiger partial charge < -0.3 is 28.8 Å². The summed E-state index contributed by atoms with van der Waals surface area (Å²) in [5.41, 5.74) is 0.608. The maximum atomic E-state index is 11.5. The Bertz CT molecular complexity index is 804. The molecule has 0 spiro atoms. The highest BCUT2D eigenvalue weighted by atomic mass is 16.7. The van der Waals surface area contributed by atoms with Gasteiger partial charge in [-0.3, -0.25) is 0 Å². The molecule has 0 aromatic heterocycles. The third kappa shape index (κ3) is 3.77. The first-order valence-corrected chi connectivity index (χ1v) is 7.34. The molecule has 0 radical (unpaired) electrons. The molecule has 1 N–H and O–H groups in total. The Morgan fingerprint density at radius 2 is 1.64 bits per heavy atom. The van der Waals surface area contributed by atoms with Crippen LogP contribution in [0.15, 0.2) is 42.2 Å². The van der Waals surface area contributed by atoms with E-state index >= 15 is 0 Å². The van der Waals surface area contributed by atoms with Gasteiger partial charge in [-0.25, -0.2) is 4.79 Å². The van der Waals surface area contributed by atoms with E-state index in [-0.39, 0.29) is 18.3 Å². The van der Waals surface area contributed by atoms with Crippen molar-refractivity contribution < 1.29 is 33.6 Å². The molecule has 2 aromatic carbocycles. The lowest BCUT2D eigenvalue weighted by atomic mass is 10.2. The zero-order chi connectivity index (χ0) is 17.8. The van der Waals surface area contributed by atoms with Crippen molar-refractivity contribution in [3.63, 3.8) is 0 Å². The maximum Gasteiger partial charge on any atom is 0.371 e. The van der Waals surface area contributed by atoms with Gasteiger partial charge in [0.05, 0.1) is 14.2 Å². The predicted octanol–water partition coefficient (Wildman–Crippen LogP) is 2.94. The average molecular weight is 344 g/mol. The summed E-state index contributed by atoms with van der Waals surface area (Å²) < 4.78 is 26.3. The smallest absolute Gasteiger partial charge is 0.371 e. The van der Waals surface area contributed by atoms with Gasteiger partial charge in [-0.2, -0.15) is 0 Å². The molecule has 0 atom stereocenters. The van der Waals surface area contributed by atoms with Gasteiger partial charge >= 0.3 is 5.97 Å². The first-order chi connectivity index (χ1) is 12.1. The maximum absolute atomic E-state index is 11.5. The summed E-state index contributed by atoms with van der Waals surface area (Å²) in [5.74, 6) is 0.970. The van der Waals surface area contributed by atoms with Crippen molar-refractivity contribution in [1.29, 1.82) is 0 Å². The van der Waals surface area contributed by atoms with Crippen LogP contribution < -0.4 is 23.7 Å². The topological polar surface area (TPSA) is 83.5 Å². The molecule has 0 saturated heterocycles. The summed E-state index contributed by atoms with van der Waals surface area (Å²) in [6.45, 7) is 0.147. The monoisotopic (exact) mass is 344 g/mol. The van der Waals surface area contributed by atoms with Crippen molar-refractivity contribution in [2.75, 3.05) is 21.0 Å². The van der Waals surface area contributed by atoms with Crippen molar-refractivity contribution >= 4 is 12.0 Å². The number of ether oxygens (including phenoxy) is 5. The fourth-order valence-corrected chi connectivity index (χ4v) is 2.26. The second-order valence-electron chi connectivity index (χ2n) is 5.08. The summed E-state index contributed by atoms with van der Waals surface area (Å²) in [4.78, 5) is 11.5. The molecule has 0 amide bonds. The Morgan fingerprint density at radius 3 is 2.28 bits per heavy atom. The SMILES string of the molecule is COc1cc(OC)cc(OC(=Cc2ccc3c(c2)OCO3)C(=O)O)c1. The van der Waals surface area contributed by atoms with Crippen LogP contribution in [-0.4, -0.2) is 32.1 Å². The molecule has 0 bridgehead atoms. The first kappa shape index (κ1) is 16.5. The summed E-state index contributed by atoms with van der Waals surface area (Å²) >= 11 is 0. The lowest BCUT2D eigenvalue weighted by Crippen LogP contribution is -2.07. The van der Waals surface area contributed by atoms with Gasteiger partial charge in [-0.05, 0) is 23.8 Å². The van der Waals surface area contributed by atoms with E-state index in [1.54, 1.807) is 36.4 Å². The van der Waals surface area contributed by atoms with Crippen LogP contribution in [0.4, 0.5) is 0 Å². The molecule has 3 rings (SSSR count). The van der Waals surface area contributed by atoms with Crippen LogP contribution in [0.2, 0.25) is 0 Å². The van der Waals surface area contributed by atoms with E-state index < -0.39 is 5.97 Å². The number of benzene rings is 2. The van der Waals surface area contributed by atoms with E-state index in [9.17, 15) is 9.90 Å². The highest BCUT2D eigenvalue weighted by Gasteiger charge is 2.16. The Balaban J connectivity index is 1.90. The van der Waals surface area contributed by atoms with E-state index in [2.05, 4.69) is 0 Å². The van der Waals surface area contributed by atoms with E-state index in [4.69, 9.17) is 23.7 Å². The molecule has 0 fully saturated rings. The van der Waals surface area contributed by atoms with Crippen LogP contribution in [-0.2, 0) is 4.79 Å². The highest BCUT2D eigenvalue weighted by molar-refractivity contribution is 5.90. The molecule has 0 saturated carbocycles. The van der Waals surface area contributed by atoms with Crippen molar-refractivity contribution in [3.05, 3.63) is 47.7 Å². The fourth-order valence-electron chi connectivity index (χ4n) is 2.26. The molecule has 130 valence electrons. The van der Waals surface area contributed by atoms with Gasteiger partial charge in [0, 0.05) is 18.2 Å². The number of rotatable bonds is 6. The minimum absolute atomic E-state index is 0.147. The third-order valence-corrected chi connectivity index (χ3v) is 3.46. The lowest BCUT2D eigenvalue weighted by molar-refractivity contribution is -0.134. The van der Waals surface area contributed by atoms with E-state index in [1.807, 2.05) is 0 Å². The minimum Gasteiger partial charge on any atom is -0.496 e. The Morgan fingerprint density at radius 1 is 1.00 bits per heavy atom. The second kappa shape index (κ2) is 7.04. The minimum atomic E-state index is -1.21. The molecular formula is C18H16O7. The van der Waals surface area contributed by atoms with Crippen molar-refractivity contribution in [1.82, 2.24) is 0 Å². The summed E-state index contributed by atoms with van der Waals surface area (Å²) in [6, 6.07) is 9.90. The van der Waals surface area contributed by atoms with Crippen LogP contribution in [0.3, 0.4) is 0 Å². The van der Waals surface area contributed by atoms with Crippen molar-refractivity contribution in [3.8, 4) is 28.7 Å². The van der Waals surface area contributed by atoms with Crippen LogP contribution >= 0.6 is 0 Å².